The van der Waals surface area contributed by atoms with Crippen LogP contribution in [0, 0.1) is 6.92 Å². The Bertz CT molecular complexity index is 1360. The van der Waals surface area contributed by atoms with E-state index in [1.54, 1.807) is 61.7 Å². The van der Waals surface area contributed by atoms with Crippen LogP contribution in [-0.2, 0) is 4.79 Å². The standard InChI is InChI=1S/C25H20ClNO6/c1-15-3-4-16(11-21(15)26)27-24(28)14-31-19-9-10-20-22(12-19)32-13-23(25(20)29)33-18-7-5-17(30-2)6-8-18/h3-13H,14H2,1-2H3,(H,27,28). The zero-order valence-electron chi connectivity index (χ0n) is 17.9. The summed E-state index contributed by atoms with van der Waals surface area (Å²) >= 11 is 6.07. The van der Waals surface area contributed by atoms with Crippen LogP contribution in [0.4, 0.5) is 5.69 Å². The quantitative estimate of drug-likeness (QED) is 0.383. The van der Waals surface area contributed by atoms with E-state index in [1.165, 1.54) is 6.26 Å². The van der Waals surface area contributed by atoms with Gasteiger partial charge in [-0.25, -0.2) is 0 Å². The zero-order valence-corrected chi connectivity index (χ0v) is 18.6. The van der Waals surface area contributed by atoms with E-state index in [0.717, 1.165) is 5.56 Å². The number of carbonyl (C=O) groups is 1. The predicted octanol–water partition coefficient (Wildman–Crippen LogP) is 5.57. The number of amides is 1. The summed E-state index contributed by atoms with van der Waals surface area (Å²) in [6, 6.07) is 16.8. The number of hydrogen-bond donors (Lipinski definition) is 1. The number of methoxy groups -OCH3 is 1. The molecular formula is C25H20ClNO6. The lowest BCUT2D eigenvalue weighted by atomic mass is 10.2. The molecule has 0 saturated heterocycles. The molecule has 4 rings (SSSR count). The third-order valence-electron chi connectivity index (χ3n) is 4.83. The molecule has 3 aromatic carbocycles. The van der Waals surface area contributed by atoms with Crippen molar-refractivity contribution in [3.05, 3.63) is 87.7 Å². The summed E-state index contributed by atoms with van der Waals surface area (Å²) in [4.78, 5) is 24.9. The SMILES string of the molecule is COc1ccc(Oc2coc3cc(OCC(=O)Nc4ccc(C)c(Cl)c4)ccc3c2=O)cc1. The molecule has 1 N–H and O–H groups in total. The topological polar surface area (TPSA) is 87.0 Å². The molecule has 33 heavy (non-hydrogen) atoms. The Hall–Kier alpha value is -3.97. The maximum absolute atomic E-state index is 12.8. The van der Waals surface area contributed by atoms with Crippen LogP contribution in [0.15, 0.2) is 76.1 Å². The third kappa shape index (κ3) is 5.27. The van der Waals surface area contributed by atoms with Crippen LogP contribution in [0.25, 0.3) is 11.0 Å². The Morgan fingerprint density at radius 2 is 1.73 bits per heavy atom. The normalized spacial score (nSPS) is 10.6. The second-order valence-corrected chi connectivity index (χ2v) is 7.57. The zero-order chi connectivity index (χ0) is 23.4. The number of anilines is 1. The van der Waals surface area contributed by atoms with Gasteiger partial charge >= 0.3 is 0 Å². The fourth-order valence-corrected chi connectivity index (χ4v) is 3.22. The second-order valence-electron chi connectivity index (χ2n) is 7.17. The van der Waals surface area contributed by atoms with Crippen molar-refractivity contribution in [2.24, 2.45) is 0 Å². The Balaban J connectivity index is 1.43. The summed E-state index contributed by atoms with van der Waals surface area (Å²) in [5, 5.41) is 3.61. The van der Waals surface area contributed by atoms with E-state index in [4.69, 9.17) is 30.2 Å². The fourth-order valence-electron chi connectivity index (χ4n) is 3.04. The van der Waals surface area contributed by atoms with Crippen LogP contribution in [0.2, 0.25) is 5.02 Å². The third-order valence-corrected chi connectivity index (χ3v) is 5.23. The molecule has 1 amide bonds. The Morgan fingerprint density at radius 3 is 2.45 bits per heavy atom. The summed E-state index contributed by atoms with van der Waals surface area (Å²) < 4.78 is 21.9. The van der Waals surface area contributed by atoms with E-state index in [9.17, 15) is 9.59 Å². The monoisotopic (exact) mass is 465 g/mol. The number of carbonyl (C=O) groups excluding carboxylic acids is 1. The van der Waals surface area contributed by atoms with Crippen molar-refractivity contribution < 1.29 is 23.4 Å². The molecule has 0 radical (unpaired) electrons. The van der Waals surface area contributed by atoms with Gasteiger partial charge < -0.3 is 23.9 Å². The number of nitrogens with one attached hydrogen (secondary N) is 1. The summed E-state index contributed by atoms with van der Waals surface area (Å²) in [7, 11) is 1.57. The average molecular weight is 466 g/mol. The molecule has 0 saturated carbocycles. The maximum Gasteiger partial charge on any atom is 0.262 e. The molecule has 1 heterocycles. The van der Waals surface area contributed by atoms with Crippen LogP contribution in [0.5, 0.6) is 23.0 Å². The smallest absolute Gasteiger partial charge is 0.262 e. The van der Waals surface area contributed by atoms with Gasteiger partial charge in [0.2, 0.25) is 11.2 Å². The van der Waals surface area contributed by atoms with Crippen molar-refractivity contribution >= 4 is 34.2 Å². The van der Waals surface area contributed by atoms with Gasteiger partial charge in [-0.05, 0) is 61.0 Å². The minimum Gasteiger partial charge on any atom is -0.497 e. The van der Waals surface area contributed by atoms with Gasteiger partial charge in [0.15, 0.2) is 6.61 Å². The van der Waals surface area contributed by atoms with Crippen molar-refractivity contribution in [1.29, 1.82) is 0 Å². The first-order chi connectivity index (χ1) is 15.9. The van der Waals surface area contributed by atoms with Gasteiger partial charge in [-0.3, -0.25) is 9.59 Å². The minimum absolute atomic E-state index is 0.0532. The lowest BCUT2D eigenvalue weighted by molar-refractivity contribution is -0.118. The molecule has 0 atom stereocenters. The van der Waals surface area contributed by atoms with Crippen LogP contribution in [-0.4, -0.2) is 19.6 Å². The number of hydrogen-bond acceptors (Lipinski definition) is 6. The van der Waals surface area contributed by atoms with E-state index in [-0.39, 0.29) is 23.7 Å². The van der Waals surface area contributed by atoms with Crippen LogP contribution >= 0.6 is 11.6 Å². The van der Waals surface area contributed by atoms with Gasteiger partial charge in [-0.2, -0.15) is 0 Å². The first-order valence-corrected chi connectivity index (χ1v) is 10.4. The molecule has 0 aliphatic rings. The second kappa shape index (κ2) is 9.67. The molecule has 4 aromatic rings. The summed E-state index contributed by atoms with van der Waals surface area (Å²) in [5.41, 5.74) is 1.48. The Morgan fingerprint density at radius 1 is 1.00 bits per heavy atom. The van der Waals surface area contributed by atoms with Crippen molar-refractivity contribution in [1.82, 2.24) is 0 Å². The molecule has 0 spiro atoms. The summed E-state index contributed by atoms with van der Waals surface area (Å²) in [6.07, 6.45) is 1.24. The first-order valence-electron chi connectivity index (χ1n) is 9.99. The van der Waals surface area contributed by atoms with Gasteiger partial charge in [0, 0.05) is 16.8 Å². The summed E-state index contributed by atoms with van der Waals surface area (Å²) in [5.74, 6) is 1.24. The van der Waals surface area contributed by atoms with Crippen LogP contribution < -0.4 is 25.0 Å². The number of ether oxygens (including phenoxy) is 3. The van der Waals surface area contributed by atoms with E-state index in [2.05, 4.69) is 5.32 Å². The average Bonchev–Trinajstić information content (AvgIpc) is 2.82. The van der Waals surface area contributed by atoms with Gasteiger partial charge in [0.25, 0.3) is 5.91 Å². The predicted molar refractivity (Wildman–Crippen MR) is 126 cm³/mol. The number of benzene rings is 3. The largest absolute Gasteiger partial charge is 0.497 e. The molecule has 168 valence electrons. The van der Waals surface area contributed by atoms with Crippen LogP contribution in [0.1, 0.15) is 5.56 Å². The molecule has 0 aliphatic carbocycles. The van der Waals surface area contributed by atoms with Gasteiger partial charge in [0.1, 0.15) is 29.1 Å². The fraction of sp³-hybridized carbons (Fsp3) is 0.120. The number of rotatable bonds is 7. The van der Waals surface area contributed by atoms with Crippen molar-refractivity contribution in [2.75, 3.05) is 19.0 Å². The number of halogens is 1. The van der Waals surface area contributed by atoms with Crippen molar-refractivity contribution in [3.63, 3.8) is 0 Å². The molecule has 0 bridgehead atoms. The highest BCUT2D eigenvalue weighted by molar-refractivity contribution is 6.31. The maximum atomic E-state index is 12.8. The van der Waals surface area contributed by atoms with Gasteiger partial charge in [-0.1, -0.05) is 17.7 Å². The van der Waals surface area contributed by atoms with Gasteiger partial charge in [0.05, 0.1) is 12.5 Å². The van der Waals surface area contributed by atoms with E-state index < -0.39 is 0 Å². The molecule has 0 fully saturated rings. The first kappa shape index (κ1) is 22.2. The lowest BCUT2D eigenvalue weighted by Gasteiger charge is -2.09. The molecule has 7 nitrogen and oxygen atoms in total. The molecule has 0 unspecified atom stereocenters. The molecule has 1 aromatic heterocycles. The molecule has 0 aliphatic heterocycles. The van der Waals surface area contributed by atoms with E-state index in [1.807, 2.05) is 13.0 Å². The highest BCUT2D eigenvalue weighted by atomic mass is 35.5. The van der Waals surface area contributed by atoms with Crippen molar-refractivity contribution in [2.45, 2.75) is 6.92 Å². The van der Waals surface area contributed by atoms with E-state index >= 15 is 0 Å². The highest BCUT2D eigenvalue weighted by Crippen LogP contribution is 2.25. The van der Waals surface area contributed by atoms with Crippen molar-refractivity contribution in [3.8, 4) is 23.0 Å². The lowest BCUT2D eigenvalue weighted by Crippen LogP contribution is -2.20. The number of fused-ring (bicyclic) bond motifs is 1. The summed E-state index contributed by atoms with van der Waals surface area (Å²) in [6.45, 7) is 1.66. The Labute approximate surface area is 194 Å². The van der Waals surface area contributed by atoms with E-state index in [0.29, 0.717) is 38.9 Å². The minimum atomic E-state index is -0.347. The molecule has 8 heteroatoms. The van der Waals surface area contributed by atoms with Gasteiger partial charge in [-0.15, -0.1) is 0 Å². The highest BCUT2D eigenvalue weighted by Gasteiger charge is 2.12. The van der Waals surface area contributed by atoms with Crippen LogP contribution in [0.3, 0.4) is 0 Å². The number of aryl methyl sites for hydroxylation is 1. The Kier molecular flexibility index (Phi) is 6.51. The molecular weight excluding hydrogens is 446 g/mol.